The van der Waals surface area contributed by atoms with Crippen molar-refractivity contribution in [3.8, 4) is 0 Å². The number of hydrogen-bond donors (Lipinski definition) is 3. The summed E-state index contributed by atoms with van der Waals surface area (Å²) in [6.07, 6.45) is -0.00468. The summed E-state index contributed by atoms with van der Waals surface area (Å²) in [5.74, 6) is 0. The van der Waals surface area contributed by atoms with Crippen LogP contribution < -0.4 is 11.1 Å². The fourth-order valence-electron chi connectivity index (χ4n) is 1.71. The highest BCUT2D eigenvalue weighted by Crippen LogP contribution is 2.09. The molecule has 1 aliphatic heterocycles. The molecule has 1 saturated heterocycles. The lowest BCUT2D eigenvalue weighted by Gasteiger charge is -2.18. The van der Waals surface area contributed by atoms with Crippen LogP contribution in [0.15, 0.2) is 0 Å². The van der Waals surface area contributed by atoms with Gasteiger partial charge in [-0.3, -0.25) is 4.90 Å². The first-order chi connectivity index (χ1) is 7.15. The molecule has 88 valence electrons. The quantitative estimate of drug-likeness (QED) is 0.547. The van der Waals surface area contributed by atoms with Gasteiger partial charge in [-0.15, -0.1) is 0 Å². The van der Waals surface area contributed by atoms with Gasteiger partial charge in [0.2, 0.25) is 0 Å². The summed E-state index contributed by atoms with van der Waals surface area (Å²) in [6.45, 7) is 2.44. The van der Waals surface area contributed by atoms with E-state index >= 15 is 0 Å². The maximum absolute atomic E-state index is 10.9. The average molecular weight is 217 g/mol. The zero-order valence-electron chi connectivity index (χ0n) is 8.98. The number of ether oxygens (including phenoxy) is 1. The van der Waals surface area contributed by atoms with Gasteiger partial charge >= 0.3 is 6.09 Å². The van der Waals surface area contributed by atoms with E-state index in [9.17, 15) is 9.90 Å². The lowest BCUT2D eigenvalue weighted by Crippen LogP contribution is -2.39. The molecule has 0 radical (unpaired) electrons. The number of nitrogens with zero attached hydrogens (tertiary/aromatic N) is 1. The summed E-state index contributed by atoms with van der Waals surface area (Å²) >= 11 is 0. The van der Waals surface area contributed by atoms with Crippen LogP contribution in [0.3, 0.4) is 0 Å². The minimum absolute atomic E-state index is 0.113. The Morgan fingerprint density at radius 2 is 2.53 bits per heavy atom. The van der Waals surface area contributed by atoms with Gasteiger partial charge in [-0.2, -0.15) is 0 Å². The molecule has 0 aromatic carbocycles. The van der Waals surface area contributed by atoms with Gasteiger partial charge < -0.3 is 20.9 Å². The zero-order valence-corrected chi connectivity index (χ0v) is 8.98. The number of aliphatic hydroxyl groups is 1. The average Bonchev–Trinajstić information content (AvgIpc) is 2.65. The Labute approximate surface area is 89.4 Å². The van der Waals surface area contributed by atoms with Crippen LogP contribution >= 0.6 is 0 Å². The monoisotopic (exact) mass is 217 g/mol. The largest absolute Gasteiger partial charge is 0.453 e. The molecule has 1 fully saturated rings. The molecule has 4 N–H and O–H groups in total. The number of carbonyl (C=O) groups excluding carboxylic acids is 1. The number of nitrogens with two attached hydrogens (primary N) is 1. The smallest absolute Gasteiger partial charge is 0.407 e. The molecule has 15 heavy (non-hydrogen) atoms. The Balaban J connectivity index is 2.23. The molecule has 1 heterocycles. The van der Waals surface area contributed by atoms with Crippen molar-refractivity contribution in [2.75, 3.05) is 33.3 Å². The molecule has 2 unspecified atom stereocenters. The van der Waals surface area contributed by atoms with Crippen LogP contribution in [-0.2, 0) is 4.74 Å². The van der Waals surface area contributed by atoms with E-state index in [0.717, 1.165) is 19.5 Å². The van der Waals surface area contributed by atoms with Crippen molar-refractivity contribution in [3.05, 3.63) is 0 Å². The van der Waals surface area contributed by atoms with Crippen molar-refractivity contribution in [1.29, 1.82) is 0 Å². The number of rotatable bonds is 4. The maximum Gasteiger partial charge on any atom is 0.407 e. The topological polar surface area (TPSA) is 87.8 Å². The predicted molar refractivity (Wildman–Crippen MR) is 55.4 cm³/mol. The number of amides is 1. The third-order valence-corrected chi connectivity index (χ3v) is 2.52. The van der Waals surface area contributed by atoms with Crippen molar-refractivity contribution in [2.45, 2.75) is 18.6 Å². The van der Waals surface area contributed by atoms with Crippen LogP contribution in [0.1, 0.15) is 6.42 Å². The zero-order chi connectivity index (χ0) is 11.3. The van der Waals surface area contributed by atoms with Crippen molar-refractivity contribution in [3.63, 3.8) is 0 Å². The predicted octanol–water partition coefficient (Wildman–Crippen LogP) is -1.26. The van der Waals surface area contributed by atoms with E-state index in [4.69, 9.17) is 5.73 Å². The van der Waals surface area contributed by atoms with Gasteiger partial charge in [0.05, 0.1) is 13.2 Å². The molecule has 0 aromatic rings. The van der Waals surface area contributed by atoms with E-state index in [1.54, 1.807) is 0 Å². The molecule has 1 aliphatic rings. The number of β-amino-alcohol motifs (C(OH)–C–C–N with tert-alkyl or cyclic N) is 1. The summed E-state index contributed by atoms with van der Waals surface area (Å²) < 4.78 is 4.51. The number of aliphatic hydroxyl groups excluding tert-OH is 1. The Hall–Kier alpha value is -0.850. The van der Waals surface area contributed by atoms with Gasteiger partial charge in [-0.1, -0.05) is 0 Å². The molecule has 0 bridgehead atoms. The van der Waals surface area contributed by atoms with E-state index in [-0.39, 0.29) is 12.6 Å². The van der Waals surface area contributed by atoms with Crippen molar-refractivity contribution < 1.29 is 14.6 Å². The molecular weight excluding hydrogens is 198 g/mol. The van der Waals surface area contributed by atoms with Crippen LogP contribution in [0.25, 0.3) is 0 Å². The Morgan fingerprint density at radius 1 is 1.80 bits per heavy atom. The minimum Gasteiger partial charge on any atom is -0.453 e. The lowest BCUT2D eigenvalue weighted by molar-refractivity contribution is 0.130. The van der Waals surface area contributed by atoms with Gasteiger partial charge in [0.1, 0.15) is 0 Å². The maximum atomic E-state index is 10.9. The second kappa shape index (κ2) is 5.89. The molecule has 6 heteroatoms. The summed E-state index contributed by atoms with van der Waals surface area (Å²) in [6, 6.07) is 0.113. The van der Waals surface area contributed by atoms with E-state index < -0.39 is 12.2 Å². The first kappa shape index (κ1) is 12.2. The van der Waals surface area contributed by atoms with Crippen LogP contribution in [0.5, 0.6) is 0 Å². The lowest BCUT2D eigenvalue weighted by atomic mass is 10.3. The van der Waals surface area contributed by atoms with Crippen LogP contribution in [0.4, 0.5) is 4.79 Å². The normalized spacial score (nSPS) is 23.8. The summed E-state index contributed by atoms with van der Waals surface area (Å²) in [5.41, 5.74) is 5.32. The molecule has 0 aromatic heterocycles. The van der Waals surface area contributed by atoms with Crippen molar-refractivity contribution in [2.24, 2.45) is 5.73 Å². The highest BCUT2D eigenvalue weighted by atomic mass is 16.5. The summed E-state index contributed by atoms with van der Waals surface area (Å²) in [5, 5.41) is 12.1. The molecular formula is C9H19N3O3. The molecule has 1 amide bonds. The van der Waals surface area contributed by atoms with Crippen LogP contribution in [-0.4, -0.2) is 61.5 Å². The number of hydrogen-bond acceptors (Lipinski definition) is 5. The van der Waals surface area contributed by atoms with Gasteiger partial charge in [0, 0.05) is 32.2 Å². The number of nitrogens with one attached hydrogen (secondary N) is 1. The van der Waals surface area contributed by atoms with E-state index in [0.29, 0.717) is 6.54 Å². The number of carbonyl (C=O) groups is 1. The molecule has 6 nitrogen and oxygen atoms in total. The fourth-order valence-corrected chi connectivity index (χ4v) is 1.71. The first-order valence-electron chi connectivity index (χ1n) is 5.10. The van der Waals surface area contributed by atoms with Gasteiger partial charge in [-0.05, 0) is 6.42 Å². The second-order valence-electron chi connectivity index (χ2n) is 3.77. The molecule has 0 aliphatic carbocycles. The fraction of sp³-hybridized carbons (Fsp3) is 0.889. The van der Waals surface area contributed by atoms with E-state index in [1.165, 1.54) is 7.11 Å². The van der Waals surface area contributed by atoms with Crippen molar-refractivity contribution in [1.82, 2.24) is 10.2 Å². The second-order valence-corrected chi connectivity index (χ2v) is 3.77. The van der Waals surface area contributed by atoms with E-state index in [1.807, 2.05) is 0 Å². The third-order valence-electron chi connectivity index (χ3n) is 2.52. The van der Waals surface area contributed by atoms with Crippen molar-refractivity contribution >= 4 is 6.09 Å². The first-order valence-corrected chi connectivity index (χ1v) is 5.10. The number of methoxy groups -OCH3 is 1. The summed E-state index contributed by atoms with van der Waals surface area (Å²) in [4.78, 5) is 13.0. The Kier molecular flexibility index (Phi) is 4.80. The Morgan fingerprint density at radius 3 is 3.13 bits per heavy atom. The number of alkyl carbamates (subject to hydrolysis) is 1. The molecule has 0 saturated carbocycles. The minimum atomic E-state index is -0.484. The van der Waals surface area contributed by atoms with Gasteiger partial charge in [-0.25, -0.2) is 4.79 Å². The van der Waals surface area contributed by atoms with Crippen LogP contribution in [0, 0.1) is 0 Å². The SMILES string of the molecule is COC(=O)NC1CCN(CC(O)CN)C1. The molecule has 1 rings (SSSR count). The standard InChI is InChI=1S/C9H19N3O3/c1-15-9(14)11-7-2-3-12(5-7)6-8(13)4-10/h7-8,13H,2-6,10H2,1H3,(H,11,14). The summed E-state index contributed by atoms with van der Waals surface area (Å²) in [7, 11) is 1.35. The molecule has 2 atom stereocenters. The van der Waals surface area contributed by atoms with Gasteiger partial charge in [0.15, 0.2) is 0 Å². The highest BCUT2D eigenvalue weighted by Gasteiger charge is 2.24. The molecule has 0 spiro atoms. The van der Waals surface area contributed by atoms with E-state index in [2.05, 4.69) is 15.0 Å². The Bertz CT molecular complexity index is 213. The highest BCUT2D eigenvalue weighted by molar-refractivity contribution is 5.67. The third kappa shape index (κ3) is 4.03. The van der Waals surface area contributed by atoms with Crippen LogP contribution in [0.2, 0.25) is 0 Å². The van der Waals surface area contributed by atoms with Gasteiger partial charge in [0.25, 0.3) is 0 Å². The number of likely N-dealkylation sites (tertiary alicyclic amines) is 1.